The van der Waals surface area contributed by atoms with Gasteiger partial charge in [-0.15, -0.1) is 0 Å². The summed E-state index contributed by atoms with van der Waals surface area (Å²) < 4.78 is 11.2. The Bertz CT molecular complexity index is 680. The van der Waals surface area contributed by atoms with E-state index in [0.717, 1.165) is 5.56 Å². The van der Waals surface area contributed by atoms with Crippen molar-refractivity contribution in [2.75, 3.05) is 13.7 Å². The molecule has 2 rings (SSSR count). The second-order valence-corrected chi connectivity index (χ2v) is 4.27. The standard InChI is InChI=1S/C15H16N2O4/c1-3-21-15(19)12-10-17(14(18)13(16-12)20-2)9-11-7-5-4-6-8-11/h4-8,10H,3,9H2,1-2H3. The highest BCUT2D eigenvalue weighted by Gasteiger charge is 2.15. The van der Waals surface area contributed by atoms with Crippen molar-refractivity contribution < 1.29 is 14.3 Å². The van der Waals surface area contributed by atoms with E-state index in [9.17, 15) is 9.59 Å². The first-order valence-corrected chi connectivity index (χ1v) is 6.52. The number of rotatable bonds is 5. The molecule has 0 aliphatic carbocycles. The first-order valence-electron chi connectivity index (χ1n) is 6.52. The van der Waals surface area contributed by atoms with Crippen LogP contribution in [0.4, 0.5) is 0 Å². The molecular formula is C15H16N2O4. The van der Waals surface area contributed by atoms with Gasteiger partial charge in [0.2, 0.25) is 0 Å². The van der Waals surface area contributed by atoms with Gasteiger partial charge in [0.05, 0.1) is 20.3 Å². The quantitative estimate of drug-likeness (QED) is 0.779. The van der Waals surface area contributed by atoms with Gasteiger partial charge in [-0.05, 0) is 12.5 Å². The highest BCUT2D eigenvalue weighted by atomic mass is 16.5. The molecule has 21 heavy (non-hydrogen) atoms. The summed E-state index contributed by atoms with van der Waals surface area (Å²) in [5, 5.41) is 0. The van der Waals surface area contributed by atoms with E-state index in [1.165, 1.54) is 17.9 Å². The smallest absolute Gasteiger partial charge is 0.358 e. The molecule has 0 spiro atoms. The first-order chi connectivity index (χ1) is 10.2. The Morgan fingerprint density at radius 3 is 2.62 bits per heavy atom. The third-order valence-electron chi connectivity index (χ3n) is 2.82. The van der Waals surface area contributed by atoms with Gasteiger partial charge in [-0.25, -0.2) is 4.79 Å². The van der Waals surface area contributed by atoms with Crippen LogP contribution in [0.25, 0.3) is 0 Å². The minimum Gasteiger partial charge on any atom is -0.477 e. The minimum absolute atomic E-state index is 0.0456. The van der Waals surface area contributed by atoms with Crippen LogP contribution in [0.15, 0.2) is 41.3 Å². The molecule has 1 aromatic heterocycles. The van der Waals surface area contributed by atoms with Crippen molar-refractivity contribution in [1.29, 1.82) is 0 Å². The number of esters is 1. The molecule has 2 aromatic rings. The maximum atomic E-state index is 12.2. The topological polar surface area (TPSA) is 70.4 Å². The van der Waals surface area contributed by atoms with Crippen LogP contribution < -0.4 is 10.3 Å². The molecule has 0 saturated heterocycles. The van der Waals surface area contributed by atoms with Crippen LogP contribution in [0.1, 0.15) is 23.0 Å². The molecule has 0 bridgehead atoms. The second kappa shape index (κ2) is 6.69. The van der Waals surface area contributed by atoms with Gasteiger partial charge in [0.25, 0.3) is 5.88 Å². The lowest BCUT2D eigenvalue weighted by Crippen LogP contribution is -2.25. The van der Waals surface area contributed by atoms with E-state index >= 15 is 0 Å². The van der Waals surface area contributed by atoms with E-state index in [2.05, 4.69) is 4.98 Å². The van der Waals surface area contributed by atoms with Crippen LogP contribution in [0, 0.1) is 0 Å². The number of carbonyl (C=O) groups is 1. The Morgan fingerprint density at radius 1 is 1.29 bits per heavy atom. The number of hydrogen-bond donors (Lipinski definition) is 0. The molecule has 1 heterocycles. The zero-order valence-corrected chi connectivity index (χ0v) is 11.9. The van der Waals surface area contributed by atoms with Crippen molar-refractivity contribution >= 4 is 5.97 Å². The molecule has 0 saturated carbocycles. The molecule has 0 fully saturated rings. The molecule has 110 valence electrons. The Hall–Kier alpha value is -2.63. The van der Waals surface area contributed by atoms with E-state index < -0.39 is 11.5 Å². The molecule has 1 aromatic carbocycles. The number of ether oxygens (including phenoxy) is 2. The normalized spacial score (nSPS) is 10.2. The molecule has 0 N–H and O–H groups in total. The fourth-order valence-corrected chi connectivity index (χ4v) is 1.85. The summed E-state index contributed by atoms with van der Waals surface area (Å²) in [6.07, 6.45) is 1.38. The zero-order valence-electron chi connectivity index (χ0n) is 11.9. The van der Waals surface area contributed by atoms with Gasteiger partial charge in [-0.2, -0.15) is 4.98 Å². The molecule has 0 amide bonds. The molecule has 0 aliphatic heterocycles. The van der Waals surface area contributed by atoms with Crippen LogP contribution in [0.5, 0.6) is 5.88 Å². The highest BCUT2D eigenvalue weighted by molar-refractivity contribution is 5.87. The van der Waals surface area contributed by atoms with Crippen molar-refractivity contribution in [3.8, 4) is 5.88 Å². The van der Waals surface area contributed by atoms with E-state index in [-0.39, 0.29) is 18.2 Å². The van der Waals surface area contributed by atoms with Crippen molar-refractivity contribution in [3.63, 3.8) is 0 Å². The van der Waals surface area contributed by atoms with E-state index in [1.807, 2.05) is 30.3 Å². The van der Waals surface area contributed by atoms with Crippen molar-refractivity contribution in [2.45, 2.75) is 13.5 Å². The zero-order chi connectivity index (χ0) is 15.2. The van der Waals surface area contributed by atoms with Crippen molar-refractivity contribution in [1.82, 2.24) is 9.55 Å². The Labute approximate surface area is 122 Å². The molecule has 0 atom stereocenters. The number of methoxy groups -OCH3 is 1. The monoisotopic (exact) mass is 288 g/mol. The van der Waals surface area contributed by atoms with Gasteiger partial charge in [-0.1, -0.05) is 30.3 Å². The second-order valence-electron chi connectivity index (χ2n) is 4.27. The number of aromatic nitrogens is 2. The van der Waals surface area contributed by atoms with Gasteiger partial charge >= 0.3 is 11.5 Å². The predicted octanol–water partition coefficient (Wildman–Crippen LogP) is 1.48. The van der Waals surface area contributed by atoms with Crippen LogP contribution in [0.2, 0.25) is 0 Å². The minimum atomic E-state index is -0.586. The lowest BCUT2D eigenvalue weighted by atomic mass is 10.2. The maximum Gasteiger partial charge on any atom is 0.358 e. The number of benzene rings is 1. The summed E-state index contributed by atoms with van der Waals surface area (Å²) in [6.45, 7) is 2.26. The predicted molar refractivity (Wildman–Crippen MR) is 76.5 cm³/mol. The van der Waals surface area contributed by atoms with Gasteiger partial charge in [0.15, 0.2) is 5.69 Å². The lowest BCUT2D eigenvalue weighted by Gasteiger charge is -2.10. The van der Waals surface area contributed by atoms with Crippen LogP contribution in [-0.4, -0.2) is 29.2 Å². The highest BCUT2D eigenvalue weighted by Crippen LogP contribution is 2.06. The van der Waals surface area contributed by atoms with Gasteiger partial charge < -0.3 is 14.0 Å². The van der Waals surface area contributed by atoms with E-state index in [1.54, 1.807) is 6.92 Å². The van der Waals surface area contributed by atoms with Crippen LogP contribution in [-0.2, 0) is 11.3 Å². The molecule has 6 nitrogen and oxygen atoms in total. The Morgan fingerprint density at radius 2 is 2.00 bits per heavy atom. The van der Waals surface area contributed by atoms with E-state index in [4.69, 9.17) is 9.47 Å². The molecular weight excluding hydrogens is 272 g/mol. The van der Waals surface area contributed by atoms with Crippen molar-refractivity contribution in [2.24, 2.45) is 0 Å². The molecule has 0 unspecified atom stereocenters. The summed E-state index contributed by atoms with van der Waals surface area (Å²) in [5.74, 6) is -0.714. The average Bonchev–Trinajstić information content (AvgIpc) is 2.50. The largest absolute Gasteiger partial charge is 0.477 e. The van der Waals surface area contributed by atoms with E-state index in [0.29, 0.717) is 6.54 Å². The lowest BCUT2D eigenvalue weighted by molar-refractivity contribution is 0.0517. The van der Waals surface area contributed by atoms with Crippen LogP contribution in [0.3, 0.4) is 0 Å². The summed E-state index contributed by atoms with van der Waals surface area (Å²) in [6, 6.07) is 9.44. The average molecular weight is 288 g/mol. The third-order valence-corrected chi connectivity index (χ3v) is 2.82. The molecule has 0 radical (unpaired) electrons. The summed E-state index contributed by atoms with van der Waals surface area (Å²) in [5.41, 5.74) is 0.585. The number of hydrogen-bond acceptors (Lipinski definition) is 5. The SMILES string of the molecule is CCOC(=O)c1cn(Cc2ccccc2)c(=O)c(OC)n1. The van der Waals surface area contributed by atoms with Gasteiger partial charge in [0, 0.05) is 6.20 Å². The summed E-state index contributed by atoms with van der Waals surface area (Å²) in [7, 11) is 1.34. The van der Waals surface area contributed by atoms with Gasteiger partial charge in [-0.3, -0.25) is 4.79 Å². The van der Waals surface area contributed by atoms with Crippen LogP contribution >= 0.6 is 0 Å². The third kappa shape index (κ3) is 3.47. The summed E-state index contributed by atoms with van der Waals surface area (Å²) >= 11 is 0. The Kier molecular flexibility index (Phi) is 4.71. The molecule has 6 heteroatoms. The molecule has 0 aliphatic rings. The Balaban J connectivity index is 2.42. The first kappa shape index (κ1) is 14.8. The number of carbonyl (C=O) groups excluding carboxylic acids is 1. The van der Waals surface area contributed by atoms with Crippen molar-refractivity contribution in [3.05, 3.63) is 58.1 Å². The maximum absolute atomic E-state index is 12.2. The fraction of sp³-hybridized carbons (Fsp3) is 0.267. The number of nitrogens with zero attached hydrogens (tertiary/aromatic N) is 2. The summed E-state index contributed by atoms with van der Waals surface area (Å²) in [4.78, 5) is 27.8. The van der Waals surface area contributed by atoms with Gasteiger partial charge in [0.1, 0.15) is 0 Å². The fourth-order valence-electron chi connectivity index (χ4n) is 1.85.